The largest absolute Gasteiger partial charge is 0.280 e. The SMILES string of the molecule is CC(=O)N1N=C(c2ccc(NS(=O)(=O)c3ccc(F)cc3)cc2)CC1c1ccc(C)cc1. The average molecular weight is 452 g/mol. The van der Waals surface area contributed by atoms with Gasteiger partial charge in [-0.15, -0.1) is 0 Å². The van der Waals surface area contributed by atoms with Crippen molar-refractivity contribution >= 4 is 27.3 Å². The van der Waals surface area contributed by atoms with Crippen molar-refractivity contribution in [3.05, 3.63) is 95.3 Å². The van der Waals surface area contributed by atoms with Crippen LogP contribution in [-0.4, -0.2) is 25.0 Å². The Balaban J connectivity index is 1.53. The van der Waals surface area contributed by atoms with Crippen LogP contribution in [0.3, 0.4) is 0 Å². The Hall–Kier alpha value is -3.52. The zero-order valence-electron chi connectivity index (χ0n) is 17.6. The monoisotopic (exact) mass is 451 g/mol. The lowest BCUT2D eigenvalue weighted by atomic mass is 9.97. The number of rotatable bonds is 5. The Morgan fingerprint density at radius 1 is 1.00 bits per heavy atom. The van der Waals surface area contributed by atoms with E-state index in [1.54, 1.807) is 24.3 Å². The van der Waals surface area contributed by atoms with Crippen molar-refractivity contribution in [2.24, 2.45) is 5.10 Å². The molecular weight excluding hydrogens is 429 g/mol. The first-order valence-corrected chi connectivity index (χ1v) is 11.5. The summed E-state index contributed by atoms with van der Waals surface area (Å²) < 4.78 is 40.5. The fraction of sp³-hybridized carbons (Fsp3) is 0.167. The molecule has 1 amide bonds. The van der Waals surface area contributed by atoms with Crippen molar-refractivity contribution in [3.8, 4) is 0 Å². The molecule has 0 bridgehead atoms. The fourth-order valence-corrected chi connectivity index (χ4v) is 4.64. The van der Waals surface area contributed by atoms with Gasteiger partial charge < -0.3 is 0 Å². The number of nitrogens with zero attached hydrogens (tertiary/aromatic N) is 2. The third-order valence-electron chi connectivity index (χ3n) is 5.29. The van der Waals surface area contributed by atoms with Gasteiger partial charge in [0.25, 0.3) is 10.0 Å². The molecule has 3 aromatic carbocycles. The lowest BCUT2D eigenvalue weighted by molar-refractivity contribution is -0.130. The summed E-state index contributed by atoms with van der Waals surface area (Å²) in [6, 6.07) is 19.2. The molecule has 1 atom stereocenters. The Morgan fingerprint density at radius 2 is 1.62 bits per heavy atom. The number of sulfonamides is 1. The van der Waals surface area contributed by atoms with Gasteiger partial charge in [0.2, 0.25) is 5.91 Å². The molecule has 3 aromatic rings. The van der Waals surface area contributed by atoms with Gasteiger partial charge in [0.1, 0.15) is 5.82 Å². The van der Waals surface area contributed by atoms with E-state index in [2.05, 4.69) is 9.82 Å². The molecule has 0 saturated heterocycles. The summed E-state index contributed by atoms with van der Waals surface area (Å²) in [4.78, 5) is 12.1. The Labute approximate surface area is 186 Å². The first-order valence-electron chi connectivity index (χ1n) is 10.1. The van der Waals surface area contributed by atoms with E-state index in [1.165, 1.54) is 24.1 Å². The highest BCUT2D eigenvalue weighted by Gasteiger charge is 2.31. The highest BCUT2D eigenvalue weighted by molar-refractivity contribution is 7.92. The first kappa shape index (κ1) is 21.7. The van der Waals surface area contributed by atoms with Crippen LogP contribution in [0.4, 0.5) is 10.1 Å². The number of anilines is 1. The lowest BCUT2D eigenvalue weighted by Crippen LogP contribution is -2.24. The van der Waals surface area contributed by atoms with Crippen LogP contribution in [0.1, 0.15) is 36.1 Å². The molecule has 32 heavy (non-hydrogen) atoms. The second-order valence-corrected chi connectivity index (χ2v) is 9.36. The van der Waals surface area contributed by atoms with Gasteiger partial charge >= 0.3 is 0 Å². The Bertz CT molecular complexity index is 1270. The van der Waals surface area contributed by atoms with Crippen molar-refractivity contribution in [1.82, 2.24) is 5.01 Å². The van der Waals surface area contributed by atoms with Crippen LogP contribution >= 0.6 is 0 Å². The number of aryl methyl sites for hydroxylation is 1. The molecule has 0 radical (unpaired) electrons. The maximum atomic E-state index is 13.1. The molecule has 0 spiro atoms. The maximum absolute atomic E-state index is 13.1. The average Bonchev–Trinajstić information content (AvgIpc) is 3.21. The van der Waals surface area contributed by atoms with Gasteiger partial charge in [0.15, 0.2) is 0 Å². The van der Waals surface area contributed by atoms with E-state index in [4.69, 9.17) is 0 Å². The summed E-state index contributed by atoms with van der Waals surface area (Å²) in [5.41, 5.74) is 4.07. The van der Waals surface area contributed by atoms with E-state index in [0.29, 0.717) is 12.1 Å². The predicted octanol–water partition coefficient (Wildman–Crippen LogP) is 4.63. The Morgan fingerprint density at radius 3 is 2.22 bits per heavy atom. The normalized spacial score (nSPS) is 16.0. The Kier molecular flexibility index (Phi) is 5.80. The summed E-state index contributed by atoms with van der Waals surface area (Å²) in [5, 5.41) is 6.02. The van der Waals surface area contributed by atoms with Crippen molar-refractivity contribution < 1.29 is 17.6 Å². The number of benzene rings is 3. The van der Waals surface area contributed by atoms with E-state index >= 15 is 0 Å². The van der Waals surface area contributed by atoms with Crippen LogP contribution in [0.25, 0.3) is 0 Å². The highest BCUT2D eigenvalue weighted by Crippen LogP contribution is 2.33. The van der Waals surface area contributed by atoms with Gasteiger partial charge in [0, 0.05) is 19.0 Å². The molecule has 164 valence electrons. The highest BCUT2D eigenvalue weighted by atomic mass is 32.2. The third kappa shape index (κ3) is 4.55. The van der Waals surface area contributed by atoms with Crippen molar-refractivity contribution in [3.63, 3.8) is 0 Å². The van der Waals surface area contributed by atoms with E-state index in [-0.39, 0.29) is 16.8 Å². The molecule has 1 N–H and O–H groups in total. The van der Waals surface area contributed by atoms with Gasteiger partial charge in [-0.1, -0.05) is 42.0 Å². The molecule has 0 saturated carbocycles. The van der Waals surface area contributed by atoms with Crippen molar-refractivity contribution in [2.75, 3.05) is 4.72 Å². The minimum Gasteiger partial charge on any atom is -0.280 e. The molecule has 0 fully saturated rings. The van der Waals surface area contributed by atoms with Crippen LogP contribution in [0.15, 0.2) is 82.8 Å². The van der Waals surface area contributed by atoms with Crippen LogP contribution in [0, 0.1) is 12.7 Å². The van der Waals surface area contributed by atoms with E-state index < -0.39 is 15.8 Å². The second-order valence-electron chi connectivity index (χ2n) is 7.68. The quantitative estimate of drug-likeness (QED) is 0.614. The molecule has 6 nitrogen and oxygen atoms in total. The minimum atomic E-state index is -3.83. The van der Waals surface area contributed by atoms with Gasteiger partial charge in [-0.3, -0.25) is 9.52 Å². The standard InChI is InChI=1S/C24H22FN3O3S/c1-16-3-5-19(6-4-16)24-15-23(26-28(24)17(2)29)18-7-11-21(12-8-18)27-32(30,31)22-13-9-20(25)10-14-22/h3-14,24,27H,15H2,1-2H3. The smallest absolute Gasteiger partial charge is 0.261 e. The summed E-state index contributed by atoms with van der Waals surface area (Å²) in [6.45, 7) is 3.50. The third-order valence-corrected chi connectivity index (χ3v) is 6.69. The fourth-order valence-electron chi connectivity index (χ4n) is 3.58. The second kappa shape index (κ2) is 8.55. The molecule has 4 rings (SSSR count). The number of carbonyl (C=O) groups is 1. The van der Waals surface area contributed by atoms with Crippen LogP contribution in [-0.2, 0) is 14.8 Å². The molecular formula is C24H22FN3O3S. The topological polar surface area (TPSA) is 78.8 Å². The van der Waals surface area contributed by atoms with E-state index in [1.807, 2.05) is 31.2 Å². The molecule has 0 aromatic heterocycles. The molecule has 8 heteroatoms. The molecule has 1 aliphatic heterocycles. The van der Waals surface area contributed by atoms with Crippen LogP contribution < -0.4 is 4.72 Å². The zero-order valence-corrected chi connectivity index (χ0v) is 18.4. The van der Waals surface area contributed by atoms with Gasteiger partial charge in [-0.05, 0) is 54.4 Å². The zero-order chi connectivity index (χ0) is 22.9. The number of halogens is 1. The summed E-state index contributed by atoms with van der Waals surface area (Å²) in [5.74, 6) is -0.650. The van der Waals surface area contributed by atoms with E-state index in [0.717, 1.165) is 34.5 Å². The van der Waals surface area contributed by atoms with Gasteiger partial charge in [-0.2, -0.15) is 5.10 Å². The number of hydrogen-bond donors (Lipinski definition) is 1. The van der Waals surface area contributed by atoms with Crippen molar-refractivity contribution in [1.29, 1.82) is 0 Å². The molecule has 0 aliphatic carbocycles. The molecule has 1 unspecified atom stereocenters. The number of carbonyl (C=O) groups excluding carboxylic acids is 1. The van der Waals surface area contributed by atoms with Crippen LogP contribution in [0.5, 0.6) is 0 Å². The van der Waals surface area contributed by atoms with Crippen molar-refractivity contribution in [2.45, 2.75) is 31.2 Å². The number of amides is 1. The minimum absolute atomic E-state index is 0.0267. The van der Waals surface area contributed by atoms with Gasteiger partial charge in [0.05, 0.1) is 16.6 Å². The summed E-state index contributed by atoms with van der Waals surface area (Å²) >= 11 is 0. The van der Waals surface area contributed by atoms with Gasteiger partial charge in [-0.25, -0.2) is 17.8 Å². The van der Waals surface area contributed by atoms with E-state index in [9.17, 15) is 17.6 Å². The molecule has 1 aliphatic rings. The number of nitrogens with one attached hydrogen (secondary N) is 1. The maximum Gasteiger partial charge on any atom is 0.261 e. The van der Waals surface area contributed by atoms with Crippen LogP contribution in [0.2, 0.25) is 0 Å². The first-order chi connectivity index (χ1) is 15.2. The summed E-state index contributed by atoms with van der Waals surface area (Å²) in [7, 11) is -3.83. The molecule has 1 heterocycles. The number of hydrazone groups is 1. The lowest BCUT2D eigenvalue weighted by Gasteiger charge is -2.20. The number of hydrogen-bond acceptors (Lipinski definition) is 4. The predicted molar refractivity (Wildman–Crippen MR) is 121 cm³/mol. The summed E-state index contributed by atoms with van der Waals surface area (Å²) in [6.07, 6.45) is 0.559.